The predicted molar refractivity (Wildman–Crippen MR) is 96.2 cm³/mol. The van der Waals surface area contributed by atoms with E-state index in [9.17, 15) is 27.6 Å². The van der Waals surface area contributed by atoms with Crippen LogP contribution in [0.2, 0.25) is 0 Å². The zero-order valence-electron chi connectivity index (χ0n) is 16.4. The second kappa shape index (κ2) is 10.1. The van der Waals surface area contributed by atoms with E-state index in [0.717, 1.165) is 25.8 Å². The van der Waals surface area contributed by atoms with Crippen LogP contribution in [0.4, 0.5) is 13.2 Å². The number of hydrogen-bond donors (Lipinski definition) is 0. The highest BCUT2D eigenvalue weighted by Gasteiger charge is 2.39. The second-order valence-electron chi connectivity index (χ2n) is 7.03. The van der Waals surface area contributed by atoms with Crippen molar-refractivity contribution in [1.82, 2.24) is 4.98 Å². The predicted octanol–water partition coefficient (Wildman–Crippen LogP) is 3.41. The van der Waals surface area contributed by atoms with Gasteiger partial charge in [-0.15, -0.1) is 0 Å². The molecule has 1 aromatic heterocycles. The Morgan fingerprint density at radius 1 is 1.17 bits per heavy atom. The number of Topliss-reactive ketones (excluding diaryl/α,β-unsaturated/α-hetero) is 3. The van der Waals surface area contributed by atoms with Gasteiger partial charge in [-0.3, -0.25) is 14.4 Å². The van der Waals surface area contributed by atoms with Gasteiger partial charge in [0.2, 0.25) is 0 Å². The highest BCUT2D eigenvalue weighted by Crippen LogP contribution is 2.31. The van der Waals surface area contributed by atoms with Gasteiger partial charge < -0.3 is 9.47 Å². The van der Waals surface area contributed by atoms with Gasteiger partial charge in [0, 0.05) is 18.6 Å². The fourth-order valence-electron chi connectivity index (χ4n) is 3.42. The van der Waals surface area contributed by atoms with Crippen molar-refractivity contribution in [3.63, 3.8) is 0 Å². The molecule has 0 bridgehead atoms. The number of carbonyl (C=O) groups excluding carboxylic acids is 3. The summed E-state index contributed by atoms with van der Waals surface area (Å²) in [5.74, 6) is -3.84. The smallest absolute Gasteiger partial charge is 0.382 e. The van der Waals surface area contributed by atoms with Gasteiger partial charge >= 0.3 is 6.18 Å². The Hall–Kier alpha value is -2.13. The van der Waals surface area contributed by atoms with Gasteiger partial charge in [-0.25, -0.2) is 4.98 Å². The first-order valence-corrected chi connectivity index (χ1v) is 9.39. The van der Waals surface area contributed by atoms with Gasteiger partial charge in [-0.1, -0.05) is 12.8 Å². The van der Waals surface area contributed by atoms with Gasteiger partial charge in [0.25, 0.3) is 0 Å². The molecule has 1 aliphatic carbocycles. The monoisotopic (exact) mass is 415 g/mol. The van der Waals surface area contributed by atoms with Crippen molar-refractivity contribution >= 4 is 17.3 Å². The van der Waals surface area contributed by atoms with Crippen LogP contribution in [0.1, 0.15) is 54.4 Å². The lowest BCUT2D eigenvalue weighted by Gasteiger charge is -2.18. The average Bonchev–Trinajstić information content (AvgIpc) is 3.19. The third kappa shape index (κ3) is 5.93. The second-order valence-corrected chi connectivity index (χ2v) is 7.03. The summed E-state index contributed by atoms with van der Waals surface area (Å²) in [4.78, 5) is 41.4. The maximum atomic E-state index is 13.0. The molecule has 0 radical (unpaired) electrons. The van der Waals surface area contributed by atoms with Crippen molar-refractivity contribution in [3.05, 3.63) is 29.1 Å². The van der Waals surface area contributed by atoms with Crippen molar-refractivity contribution in [3.8, 4) is 0 Å². The summed E-state index contributed by atoms with van der Waals surface area (Å²) in [7, 11) is 1.44. The first-order valence-electron chi connectivity index (χ1n) is 9.39. The molecule has 1 atom stereocenters. The number of aromatic nitrogens is 1. The van der Waals surface area contributed by atoms with Crippen LogP contribution in [-0.4, -0.2) is 42.7 Å². The van der Waals surface area contributed by atoms with Crippen molar-refractivity contribution in [2.75, 3.05) is 20.3 Å². The van der Waals surface area contributed by atoms with Crippen molar-refractivity contribution in [2.24, 2.45) is 11.8 Å². The number of ether oxygens (including phenoxy) is 2. The summed E-state index contributed by atoms with van der Waals surface area (Å²) in [6, 6.07) is 1.63. The molecule has 1 saturated carbocycles. The van der Waals surface area contributed by atoms with Crippen LogP contribution in [0.15, 0.2) is 12.1 Å². The summed E-state index contributed by atoms with van der Waals surface area (Å²) >= 11 is 0. The summed E-state index contributed by atoms with van der Waals surface area (Å²) in [6.45, 7) is 1.05. The van der Waals surface area contributed by atoms with Crippen molar-refractivity contribution < 1.29 is 37.0 Å². The average molecular weight is 415 g/mol. The van der Waals surface area contributed by atoms with Gasteiger partial charge in [0.1, 0.15) is 17.4 Å². The topological polar surface area (TPSA) is 82.6 Å². The van der Waals surface area contributed by atoms with Crippen LogP contribution in [0.3, 0.4) is 0 Å². The number of alkyl halides is 3. The van der Waals surface area contributed by atoms with Crippen LogP contribution in [-0.2, 0) is 31.8 Å². The Bertz CT molecular complexity index is 757. The number of hydrogen-bond acceptors (Lipinski definition) is 6. The Morgan fingerprint density at radius 3 is 2.38 bits per heavy atom. The van der Waals surface area contributed by atoms with E-state index < -0.39 is 35.1 Å². The molecule has 0 amide bonds. The van der Waals surface area contributed by atoms with E-state index in [1.807, 2.05) is 0 Å². The third-order valence-corrected chi connectivity index (χ3v) is 4.91. The zero-order chi connectivity index (χ0) is 21.6. The lowest BCUT2D eigenvalue weighted by molar-refractivity contribution is -0.141. The van der Waals surface area contributed by atoms with E-state index in [0.29, 0.717) is 18.9 Å². The normalized spacial score (nSPS) is 16.0. The Morgan fingerprint density at radius 2 is 1.83 bits per heavy atom. The Labute approximate surface area is 166 Å². The highest BCUT2D eigenvalue weighted by atomic mass is 19.4. The van der Waals surface area contributed by atoms with Crippen molar-refractivity contribution in [1.29, 1.82) is 0 Å². The first-order chi connectivity index (χ1) is 13.7. The van der Waals surface area contributed by atoms with E-state index in [1.54, 1.807) is 0 Å². The molecule has 0 aromatic carbocycles. The maximum Gasteiger partial charge on any atom is 0.433 e. The van der Waals surface area contributed by atoms with Crippen molar-refractivity contribution in [2.45, 2.75) is 45.4 Å². The number of ketones is 3. The lowest BCUT2D eigenvalue weighted by atomic mass is 9.83. The van der Waals surface area contributed by atoms with E-state index in [1.165, 1.54) is 7.11 Å². The van der Waals surface area contributed by atoms with E-state index >= 15 is 0 Å². The SMILES string of the molecule is COCCOCc1nc(C(F)(F)F)ccc1C(=O)C(C(C)=O)C(=O)C1CCCC1. The fraction of sp³-hybridized carbons (Fsp3) is 0.600. The van der Waals surface area contributed by atoms with Crippen LogP contribution >= 0.6 is 0 Å². The van der Waals surface area contributed by atoms with Gasteiger partial charge in [0.05, 0.1) is 25.5 Å². The number of methoxy groups -OCH3 is 1. The minimum Gasteiger partial charge on any atom is -0.382 e. The molecule has 29 heavy (non-hydrogen) atoms. The summed E-state index contributed by atoms with van der Waals surface area (Å²) in [5.41, 5.74) is -1.64. The first kappa shape index (κ1) is 23.2. The van der Waals surface area contributed by atoms with E-state index in [4.69, 9.17) is 9.47 Å². The molecule has 160 valence electrons. The Kier molecular flexibility index (Phi) is 8.04. The molecule has 1 fully saturated rings. The van der Waals surface area contributed by atoms with Crippen LogP contribution < -0.4 is 0 Å². The molecule has 9 heteroatoms. The zero-order valence-corrected chi connectivity index (χ0v) is 16.4. The fourth-order valence-corrected chi connectivity index (χ4v) is 3.42. The molecule has 1 aliphatic rings. The van der Waals surface area contributed by atoms with E-state index in [-0.39, 0.29) is 37.0 Å². The number of pyridine rings is 1. The van der Waals surface area contributed by atoms with Gasteiger partial charge in [-0.2, -0.15) is 13.2 Å². The minimum atomic E-state index is -4.71. The number of rotatable bonds is 10. The summed E-state index contributed by atoms with van der Waals surface area (Å²) in [6.07, 6.45) is -1.81. The molecular formula is C20H24F3NO5. The number of nitrogens with zero attached hydrogens (tertiary/aromatic N) is 1. The molecule has 0 saturated heterocycles. The lowest BCUT2D eigenvalue weighted by Crippen LogP contribution is -2.35. The molecule has 0 spiro atoms. The highest BCUT2D eigenvalue weighted by molar-refractivity contribution is 6.24. The van der Waals surface area contributed by atoms with Crippen LogP contribution in [0.25, 0.3) is 0 Å². The van der Waals surface area contributed by atoms with Crippen LogP contribution in [0, 0.1) is 11.8 Å². The maximum absolute atomic E-state index is 13.0. The molecule has 6 nitrogen and oxygen atoms in total. The quantitative estimate of drug-likeness (QED) is 0.331. The number of halogens is 3. The molecular weight excluding hydrogens is 391 g/mol. The molecule has 1 heterocycles. The molecule has 1 unspecified atom stereocenters. The molecule has 2 rings (SSSR count). The van der Waals surface area contributed by atoms with E-state index in [2.05, 4.69) is 4.98 Å². The Balaban J connectivity index is 2.36. The summed E-state index contributed by atoms with van der Waals surface area (Å²) in [5, 5.41) is 0. The van der Waals surface area contributed by atoms with Gasteiger partial charge in [0.15, 0.2) is 11.6 Å². The molecule has 0 N–H and O–H groups in total. The summed E-state index contributed by atoms with van der Waals surface area (Å²) < 4.78 is 49.2. The standard InChI is InChI=1S/C20H24F3NO5/c1-12(25)17(18(26)13-5-3-4-6-13)19(27)14-7-8-16(20(21,22)23)24-15(14)11-29-10-9-28-2/h7-8,13,17H,3-6,9-11H2,1-2H3. The number of carbonyl (C=O) groups is 3. The third-order valence-electron chi connectivity index (χ3n) is 4.91. The molecule has 1 aromatic rings. The van der Waals surface area contributed by atoms with Gasteiger partial charge in [-0.05, 0) is 31.9 Å². The minimum absolute atomic E-state index is 0.0825. The molecule has 0 aliphatic heterocycles. The largest absolute Gasteiger partial charge is 0.433 e. The van der Waals surface area contributed by atoms with Crippen LogP contribution in [0.5, 0.6) is 0 Å².